The SMILES string of the molecule is O=C(c1cc(=O)[nH]c2ccccc12)N1CCCC[C@@H]1CCc1ccccn1. The summed E-state index contributed by atoms with van der Waals surface area (Å²) >= 11 is 0. The lowest BCUT2D eigenvalue weighted by Gasteiger charge is -2.36. The molecule has 0 spiro atoms. The van der Waals surface area contributed by atoms with Crippen LogP contribution in [-0.2, 0) is 6.42 Å². The van der Waals surface area contributed by atoms with Gasteiger partial charge in [-0.3, -0.25) is 14.6 Å². The molecule has 1 atom stereocenters. The van der Waals surface area contributed by atoms with Crippen LogP contribution < -0.4 is 5.56 Å². The average Bonchev–Trinajstić information content (AvgIpc) is 2.72. The maximum absolute atomic E-state index is 13.3. The summed E-state index contributed by atoms with van der Waals surface area (Å²) < 4.78 is 0. The van der Waals surface area contributed by atoms with Crippen LogP contribution in [0.4, 0.5) is 0 Å². The second-order valence-electron chi connectivity index (χ2n) is 7.10. The molecule has 1 aliphatic heterocycles. The van der Waals surface area contributed by atoms with Crippen molar-refractivity contribution < 1.29 is 4.79 Å². The van der Waals surface area contributed by atoms with E-state index in [1.165, 1.54) is 6.07 Å². The first-order valence-electron chi connectivity index (χ1n) is 9.55. The Labute approximate surface area is 158 Å². The Balaban J connectivity index is 1.60. The predicted molar refractivity (Wildman–Crippen MR) is 106 cm³/mol. The fraction of sp³-hybridized carbons (Fsp3) is 0.318. The zero-order chi connectivity index (χ0) is 18.6. The molecule has 27 heavy (non-hydrogen) atoms. The fourth-order valence-corrected chi connectivity index (χ4v) is 3.96. The molecule has 1 saturated heterocycles. The molecule has 4 rings (SSSR count). The number of nitrogens with one attached hydrogen (secondary N) is 1. The molecule has 0 unspecified atom stereocenters. The molecule has 0 aliphatic carbocycles. The lowest BCUT2D eigenvalue weighted by Crippen LogP contribution is -2.44. The van der Waals surface area contributed by atoms with E-state index in [2.05, 4.69) is 9.97 Å². The molecule has 3 heterocycles. The lowest BCUT2D eigenvalue weighted by molar-refractivity contribution is 0.0603. The largest absolute Gasteiger partial charge is 0.336 e. The Morgan fingerprint density at radius 3 is 2.85 bits per heavy atom. The van der Waals surface area contributed by atoms with Crippen molar-refractivity contribution in [2.75, 3.05) is 6.54 Å². The van der Waals surface area contributed by atoms with Crippen molar-refractivity contribution in [1.82, 2.24) is 14.9 Å². The topological polar surface area (TPSA) is 66.1 Å². The summed E-state index contributed by atoms with van der Waals surface area (Å²) in [5, 5.41) is 0.802. The number of hydrogen-bond acceptors (Lipinski definition) is 3. The molecule has 1 amide bonds. The number of piperidine rings is 1. The van der Waals surface area contributed by atoms with Crippen LogP contribution in [0.2, 0.25) is 0 Å². The fourth-order valence-electron chi connectivity index (χ4n) is 3.96. The highest BCUT2D eigenvalue weighted by Crippen LogP contribution is 2.25. The molecular formula is C22H23N3O2. The molecule has 1 N–H and O–H groups in total. The summed E-state index contributed by atoms with van der Waals surface area (Å²) in [5.41, 5.74) is 2.02. The van der Waals surface area contributed by atoms with Gasteiger partial charge in [-0.25, -0.2) is 0 Å². The normalized spacial score (nSPS) is 17.2. The second kappa shape index (κ2) is 7.74. The van der Waals surface area contributed by atoms with Crippen molar-refractivity contribution in [1.29, 1.82) is 0 Å². The van der Waals surface area contributed by atoms with Gasteiger partial charge in [0.2, 0.25) is 5.56 Å². The van der Waals surface area contributed by atoms with Gasteiger partial charge in [0.1, 0.15) is 0 Å². The number of para-hydroxylation sites is 1. The van der Waals surface area contributed by atoms with Crippen molar-refractivity contribution in [2.24, 2.45) is 0 Å². The maximum atomic E-state index is 13.3. The second-order valence-corrected chi connectivity index (χ2v) is 7.10. The van der Waals surface area contributed by atoms with Gasteiger partial charge in [0, 0.05) is 41.4 Å². The van der Waals surface area contributed by atoms with Crippen LogP contribution in [0, 0.1) is 0 Å². The van der Waals surface area contributed by atoms with Crippen LogP contribution in [0.15, 0.2) is 59.5 Å². The monoisotopic (exact) mass is 361 g/mol. The molecule has 1 fully saturated rings. The number of aromatic amines is 1. The van der Waals surface area contributed by atoms with E-state index in [-0.39, 0.29) is 17.5 Å². The summed E-state index contributed by atoms with van der Waals surface area (Å²) in [5.74, 6) is -0.0389. The Hall–Kier alpha value is -2.95. The standard InChI is InChI=1S/C22H23N3O2/c26-21-15-19(18-9-1-2-10-20(18)24-21)22(27)25-14-6-4-8-17(25)12-11-16-7-3-5-13-23-16/h1-3,5,7,9-10,13,15,17H,4,6,8,11-12,14H2,(H,24,26)/t17-/m1/s1. The lowest BCUT2D eigenvalue weighted by atomic mass is 9.95. The highest BCUT2D eigenvalue weighted by atomic mass is 16.2. The van der Waals surface area contributed by atoms with Gasteiger partial charge in [-0.2, -0.15) is 0 Å². The maximum Gasteiger partial charge on any atom is 0.254 e. The first-order chi connectivity index (χ1) is 13.2. The van der Waals surface area contributed by atoms with Gasteiger partial charge in [-0.15, -0.1) is 0 Å². The number of aryl methyl sites for hydroxylation is 1. The van der Waals surface area contributed by atoms with Gasteiger partial charge in [-0.1, -0.05) is 24.3 Å². The molecule has 1 aliphatic rings. The van der Waals surface area contributed by atoms with E-state index in [4.69, 9.17) is 0 Å². The van der Waals surface area contributed by atoms with Crippen LogP contribution in [0.25, 0.3) is 10.9 Å². The summed E-state index contributed by atoms with van der Waals surface area (Å²) in [4.78, 5) is 34.6. The Morgan fingerprint density at radius 1 is 1.15 bits per heavy atom. The molecule has 3 aromatic rings. The molecule has 0 radical (unpaired) electrons. The van der Waals surface area contributed by atoms with Gasteiger partial charge in [0.15, 0.2) is 0 Å². The number of fused-ring (bicyclic) bond motifs is 1. The molecule has 0 saturated carbocycles. The van der Waals surface area contributed by atoms with Crippen molar-refractivity contribution in [3.8, 4) is 0 Å². The van der Waals surface area contributed by atoms with Crippen LogP contribution in [0.1, 0.15) is 41.7 Å². The average molecular weight is 361 g/mol. The Bertz CT molecular complexity index is 997. The number of nitrogens with zero attached hydrogens (tertiary/aromatic N) is 2. The van der Waals surface area contributed by atoms with E-state index in [1.54, 1.807) is 0 Å². The van der Waals surface area contributed by atoms with Crippen molar-refractivity contribution in [2.45, 2.75) is 38.1 Å². The van der Waals surface area contributed by atoms with E-state index in [9.17, 15) is 9.59 Å². The minimum Gasteiger partial charge on any atom is -0.336 e. The van der Waals surface area contributed by atoms with Gasteiger partial charge in [0.25, 0.3) is 5.91 Å². The minimum atomic E-state index is -0.237. The Morgan fingerprint density at radius 2 is 2.00 bits per heavy atom. The van der Waals surface area contributed by atoms with E-state index >= 15 is 0 Å². The van der Waals surface area contributed by atoms with Crippen molar-refractivity contribution in [3.05, 3.63) is 76.3 Å². The minimum absolute atomic E-state index is 0.0389. The van der Waals surface area contributed by atoms with Gasteiger partial charge in [-0.05, 0) is 50.3 Å². The highest BCUT2D eigenvalue weighted by Gasteiger charge is 2.28. The number of carbonyl (C=O) groups excluding carboxylic acids is 1. The van der Waals surface area contributed by atoms with E-state index < -0.39 is 0 Å². The first kappa shape index (κ1) is 17.5. The number of carbonyl (C=O) groups is 1. The number of rotatable bonds is 4. The number of H-pyrrole nitrogens is 1. The van der Waals surface area contributed by atoms with E-state index in [1.807, 2.05) is 53.6 Å². The van der Waals surface area contributed by atoms with Crippen LogP contribution >= 0.6 is 0 Å². The quantitative estimate of drug-likeness (QED) is 0.773. The van der Waals surface area contributed by atoms with E-state index in [0.717, 1.165) is 49.7 Å². The number of aromatic nitrogens is 2. The number of benzene rings is 1. The van der Waals surface area contributed by atoms with Crippen molar-refractivity contribution in [3.63, 3.8) is 0 Å². The van der Waals surface area contributed by atoms with Crippen LogP contribution in [0.5, 0.6) is 0 Å². The molecular weight excluding hydrogens is 338 g/mol. The number of pyridine rings is 2. The van der Waals surface area contributed by atoms with Gasteiger partial charge < -0.3 is 9.88 Å². The molecule has 0 bridgehead atoms. The predicted octanol–water partition coefficient (Wildman–Crippen LogP) is 3.55. The number of amides is 1. The molecule has 1 aromatic carbocycles. The van der Waals surface area contributed by atoms with Gasteiger partial charge in [0.05, 0.1) is 5.56 Å². The number of hydrogen-bond donors (Lipinski definition) is 1. The van der Waals surface area contributed by atoms with E-state index in [0.29, 0.717) is 11.1 Å². The summed E-state index contributed by atoms with van der Waals surface area (Å²) in [6, 6.07) is 15.1. The zero-order valence-corrected chi connectivity index (χ0v) is 15.2. The smallest absolute Gasteiger partial charge is 0.254 e. The Kier molecular flexibility index (Phi) is 5.01. The summed E-state index contributed by atoms with van der Waals surface area (Å²) in [6.07, 6.45) is 6.69. The molecule has 138 valence electrons. The van der Waals surface area contributed by atoms with Crippen LogP contribution in [0.3, 0.4) is 0 Å². The molecule has 2 aromatic heterocycles. The molecule has 5 nitrogen and oxygen atoms in total. The number of likely N-dealkylation sites (tertiary alicyclic amines) is 1. The summed E-state index contributed by atoms with van der Waals surface area (Å²) in [7, 11) is 0. The third-order valence-electron chi connectivity index (χ3n) is 5.33. The van der Waals surface area contributed by atoms with Crippen molar-refractivity contribution >= 4 is 16.8 Å². The van der Waals surface area contributed by atoms with Crippen LogP contribution in [-0.4, -0.2) is 33.4 Å². The summed E-state index contributed by atoms with van der Waals surface area (Å²) in [6.45, 7) is 0.743. The molecule has 5 heteroatoms. The zero-order valence-electron chi connectivity index (χ0n) is 15.2. The first-order valence-corrected chi connectivity index (χ1v) is 9.55. The van der Waals surface area contributed by atoms with Gasteiger partial charge >= 0.3 is 0 Å². The highest BCUT2D eigenvalue weighted by molar-refractivity contribution is 6.06. The third-order valence-corrected chi connectivity index (χ3v) is 5.33. The third kappa shape index (κ3) is 3.77.